The largest absolute Gasteiger partial charge is 0.389 e. The minimum Gasteiger partial charge on any atom is -0.389 e. The van der Waals surface area contributed by atoms with Gasteiger partial charge in [-0.25, -0.2) is 4.79 Å². The molecule has 1 aromatic rings. The first kappa shape index (κ1) is 17.7. The van der Waals surface area contributed by atoms with Gasteiger partial charge in [0.2, 0.25) is 0 Å². The lowest BCUT2D eigenvalue weighted by atomic mass is 10.1. The average Bonchev–Trinajstić information content (AvgIpc) is 2.71. The standard InChI is InChI=1S/C16H29N5O2/c1-4-20(12-16(2,3)23)15(22)17-10-9-14-19-18-13-8-6-5-7-11-21(13)14/h23H,4-12H2,1-3H3,(H,17,22). The summed E-state index contributed by atoms with van der Waals surface area (Å²) in [5.41, 5.74) is -0.891. The molecule has 1 aliphatic rings. The molecule has 130 valence electrons. The van der Waals surface area contributed by atoms with E-state index in [1.54, 1.807) is 18.7 Å². The van der Waals surface area contributed by atoms with Gasteiger partial charge in [0.05, 0.1) is 12.1 Å². The van der Waals surface area contributed by atoms with Crippen molar-refractivity contribution in [3.05, 3.63) is 11.6 Å². The summed E-state index contributed by atoms with van der Waals surface area (Å²) < 4.78 is 2.20. The van der Waals surface area contributed by atoms with Gasteiger partial charge in [-0.05, 0) is 33.6 Å². The van der Waals surface area contributed by atoms with E-state index in [0.717, 1.165) is 24.6 Å². The van der Waals surface area contributed by atoms with Crippen LogP contribution in [0, 0.1) is 0 Å². The summed E-state index contributed by atoms with van der Waals surface area (Å²) in [6, 6.07) is -0.148. The summed E-state index contributed by atoms with van der Waals surface area (Å²) in [4.78, 5) is 13.8. The number of fused-ring (bicyclic) bond motifs is 1. The Kier molecular flexibility index (Phi) is 5.98. The first-order valence-electron chi connectivity index (χ1n) is 8.57. The molecule has 2 N–H and O–H groups in total. The summed E-state index contributed by atoms with van der Waals surface area (Å²) >= 11 is 0. The SMILES string of the molecule is CCN(CC(C)(C)O)C(=O)NCCc1nnc2n1CCCCC2. The number of nitrogens with one attached hydrogen (secondary N) is 1. The Morgan fingerprint density at radius 2 is 2.13 bits per heavy atom. The van der Waals surface area contributed by atoms with Crippen LogP contribution in [0.1, 0.15) is 51.7 Å². The fourth-order valence-electron chi connectivity index (χ4n) is 2.92. The summed E-state index contributed by atoms with van der Waals surface area (Å²) in [5, 5.41) is 21.3. The molecule has 0 fully saturated rings. The van der Waals surface area contributed by atoms with Crippen molar-refractivity contribution in [3.63, 3.8) is 0 Å². The van der Waals surface area contributed by atoms with Crippen LogP contribution in [0.25, 0.3) is 0 Å². The van der Waals surface area contributed by atoms with E-state index in [4.69, 9.17) is 0 Å². The molecule has 0 aromatic carbocycles. The van der Waals surface area contributed by atoms with Crippen LogP contribution in [0.4, 0.5) is 4.79 Å². The molecule has 23 heavy (non-hydrogen) atoms. The van der Waals surface area contributed by atoms with Gasteiger partial charge in [-0.3, -0.25) is 0 Å². The summed E-state index contributed by atoms with van der Waals surface area (Å²) in [6.07, 6.45) is 5.26. The highest BCUT2D eigenvalue weighted by Gasteiger charge is 2.21. The van der Waals surface area contributed by atoms with Gasteiger partial charge in [0.25, 0.3) is 0 Å². The number of urea groups is 1. The van der Waals surface area contributed by atoms with Gasteiger partial charge in [-0.2, -0.15) is 0 Å². The van der Waals surface area contributed by atoms with Gasteiger partial charge >= 0.3 is 6.03 Å². The van der Waals surface area contributed by atoms with Crippen molar-refractivity contribution >= 4 is 6.03 Å². The molecule has 2 rings (SSSR count). The van der Waals surface area contributed by atoms with Gasteiger partial charge in [0.15, 0.2) is 0 Å². The van der Waals surface area contributed by atoms with Crippen molar-refractivity contribution in [2.75, 3.05) is 19.6 Å². The van der Waals surface area contributed by atoms with E-state index >= 15 is 0 Å². The third kappa shape index (κ3) is 5.20. The average molecular weight is 323 g/mol. The number of hydrogen-bond donors (Lipinski definition) is 2. The lowest BCUT2D eigenvalue weighted by Gasteiger charge is -2.28. The zero-order valence-corrected chi connectivity index (χ0v) is 14.5. The zero-order valence-electron chi connectivity index (χ0n) is 14.5. The number of carbonyl (C=O) groups is 1. The molecular formula is C16H29N5O2. The zero-order chi connectivity index (χ0) is 16.9. The Hall–Kier alpha value is -1.63. The van der Waals surface area contributed by atoms with Gasteiger partial charge in [0.1, 0.15) is 11.6 Å². The highest BCUT2D eigenvalue weighted by molar-refractivity contribution is 5.74. The van der Waals surface area contributed by atoms with E-state index in [1.165, 1.54) is 19.3 Å². The van der Waals surface area contributed by atoms with Crippen molar-refractivity contribution < 1.29 is 9.90 Å². The van der Waals surface area contributed by atoms with Crippen molar-refractivity contribution in [1.29, 1.82) is 0 Å². The van der Waals surface area contributed by atoms with E-state index in [1.807, 2.05) is 6.92 Å². The molecule has 0 bridgehead atoms. The molecule has 0 aliphatic carbocycles. The van der Waals surface area contributed by atoms with Crippen LogP contribution in [0.5, 0.6) is 0 Å². The van der Waals surface area contributed by atoms with Crippen molar-refractivity contribution in [3.8, 4) is 0 Å². The Labute approximate surface area is 138 Å². The number of nitrogens with zero attached hydrogens (tertiary/aromatic N) is 4. The molecule has 7 nitrogen and oxygen atoms in total. The minimum atomic E-state index is -0.891. The Morgan fingerprint density at radius 1 is 1.35 bits per heavy atom. The van der Waals surface area contributed by atoms with Crippen LogP contribution in [0.15, 0.2) is 0 Å². The monoisotopic (exact) mass is 323 g/mol. The number of aliphatic hydroxyl groups is 1. The van der Waals surface area contributed by atoms with Gasteiger partial charge in [-0.15, -0.1) is 10.2 Å². The van der Waals surface area contributed by atoms with Crippen molar-refractivity contribution in [1.82, 2.24) is 25.0 Å². The molecule has 0 saturated heterocycles. The molecule has 2 amide bonds. The van der Waals surface area contributed by atoms with E-state index in [0.29, 0.717) is 26.1 Å². The number of likely N-dealkylation sites (N-methyl/N-ethyl adjacent to an activating group) is 1. The third-order valence-electron chi connectivity index (χ3n) is 4.06. The molecule has 0 unspecified atom stereocenters. The van der Waals surface area contributed by atoms with E-state index < -0.39 is 5.60 Å². The van der Waals surface area contributed by atoms with Crippen LogP contribution < -0.4 is 5.32 Å². The maximum absolute atomic E-state index is 12.2. The van der Waals surface area contributed by atoms with E-state index in [2.05, 4.69) is 20.1 Å². The number of amides is 2. The number of rotatable bonds is 6. The number of carbonyl (C=O) groups excluding carboxylic acids is 1. The molecule has 2 heterocycles. The van der Waals surface area contributed by atoms with Gasteiger partial charge < -0.3 is 19.9 Å². The summed E-state index contributed by atoms with van der Waals surface area (Å²) in [7, 11) is 0. The smallest absolute Gasteiger partial charge is 0.317 e. The second-order valence-corrected chi connectivity index (χ2v) is 6.80. The van der Waals surface area contributed by atoms with Crippen LogP contribution >= 0.6 is 0 Å². The van der Waals surface area contributed by atoms with Crippen molar-refractivity contribution in [2.24, 2.45) is 0 Å². The first-order chi connectivity index (χ1) is 10.9. The van der Waals surface area contributed by atoms with Crippen LogP contribution in [0.3, 0.4) is 0 Å². The molecule has 1 aliphatic heterocycles. The second kappa shape index (κ2) is 7.77. The highest BCUT2D eigenvalue weighted by Crippen LogP contribution is 2.14. The Morgan fingerprint density at radius 3 is 2.83 bits per heavy atom. The molecule has 0 spiro atoms. The minimum absolute atomic E-state index is 0.148. The molecule has 7 heteroatoms. The quantitative estimate of drug-likeness (QED) is 0.828. The number of hydrogen-bond acceptors (Lipinski definition) is 4. The maximum atomic E-state index is 12.2. The van der Waals surface area contributed by atoms with E-state index in [9.17, 15) is 9.90 Å². The number of aryl methyl sites for hydroxylation is 1. The molecular weight excluding hydrogens is 294 g/mol. The van der Waals surface area contributed by atoms with Gasteiger partial charge in [-0.1, -0.05) is 6.42 Å². The normalized spacial score (nSPS) is 15.0. The molecule has 0 saturated carbocycles. The lowest BCUT2D eigenvalue weighted by molar-refractivity contribution is 0.0480. The lowest BCUT2D eigenvalue weighted by Crippen LogP contribution is -2.47. The topological polar surface area (TPSA) is 83.3 Å². The summed E-state index contributed by atoms with van der Waals surface area (Å²) in [6.45, 7) is 7.70. The molecule has 0 radical (unpaired) electrons. The Bertz CT molecular complexity index is 521. The Balaban J connectivity index is 1.85. The maximum Gasteiger partial charge on any atom is 0.317 e. The first-order valence-corrected chi connectivity index (χ1v) is 8.57. The summed E-state index contributed by atoms with van der Waals surface area (Å²) in [5.74, 6) is 2.02. The predicted octanol–water partition coefficient (Wildman–Crippen LogP) is 1.35. The highest BCUT2D eigenvalue weighted by atomic mass is 16.3. The van der Waals surface area contributed by atoms with Crippen molar-refractivity contribution in [2.45, 2.75) is 65.0 Å². The fourth-order valence-corrected chi connectivity index (χ4v) is 2.92. The molecule has 0 atom stereocenters. The van der Waals surface area contributed by atoms with Gasteiger partial charge in [0, 0.05) is 32.5 Å². The predicted molar refractivity (Wildman–Crippen MR) is 88.2 cm³/mol. The van der Waals surface area contributed by atoms with Crippen LogP contribution in [0.2, 0.25) is 0 Å². The fraction of sp³-hybridized carbons (Fsp3) is 0.812. The van der Waals surface area contributed by atoms with Crippen LogP contribution in [-0.4, -0.2) is 56.0 Å². The number of aromatic nitrogens is 3. The van der Waals surface area contributed by atoms with Crippen LogP contribution in [-0.2, 0) is 19.4 Å². The third-order valence-corrected chi connectivity index (χ3v) is 4.06. The van der Waals surface area contributed by atoms with E-state index in [-0.39, 0.29) is 6.03 Å². The molecule has 1 aromatic heterocycles. The second-order valence-electron chi connectivity index (χ2n) is 6.80.